The molecule has 0 aromatic carbocycles. The Morgan fingerprint density at radius 3 is 1.55 bits per heavy atom. The van der Waals surface area contributed by atoms with Crippen molar-refractivity contribution < 1.29 is 13.6 Å². The zero-order valence-electron chi connectivity index (χ0n) is 6.10. The summed E-state index contributed by atoms with van der Waals surface area (Å²) in [4.78, 5) is 0. The Morgan fingerprint density at radius 1 is 0.909 bits per heavy atom. The second-order valence-electron chi connectivity index (χ2n) is 3.43. The first kappa shape index (κ1) is 6.84. The Balaban J connectivity index is 1.94. The van der Waals surface area contributed by atoms with Gasteiger partial charge in [-0.3, -0.25) is 0 Å². The first-order valence-electron chi connectivity index (χ1n) is 3.96. The average molecular weight is 171 g/mol. The van der Waals surface area contributed by atoms with Gasteiger partial charge in [-0.1, -0.05) is 0 Å². The second-order valence-corrected chi connectivity index (χ2v) is 5.14. The monoisotopic (exact) mass is 171 g/mol. The minimum atomic E-state index is -2.32. The summed E-state index contributed by atoms with van der Waals surface area (Å²) in [5.74, 6) is 0. The fraction of sp³-hybridized carbons (Fsp3) is 1.00. The molecule has 0 aromatic rings. The van der Waals surface area contributed by atoms with Crippen LogP contribution in [0.4, 0.5) is 0 Å². The highest BCUT2D eigenvalue weighted by Crippen LogP contribution is 2.69. The zero-order valence-corrected chi connectivity index (χ0v) is 7.00. The molecular formula is C6H9BO3P. The van der Waals surface area contributed by atoms with Gasteiger partial charge in [0.05, 0.1) is 0 Å². The smallest absolute Gasteiger partial charge is 0.133 e. The van der Waals surface area contributed by atoms with Crippen molar-refractivity contribution in [1.29, 1.82) is 0 Å². The molecule has 3 heterocycles. The van der Waals surface area contributed by atoms with E-state index in [0.717, 1.165) is 19.3 Å². The summed E-state index contributed by atoms with van der Waals surface area (Å²) in [5.41, 5.74) is 0. The quantitative estimate of drug-likeness (QED) is 0.404. The van der Waals surface area contributed by atoms with Crippen molar-refractivity contribution in [2.24, 2.45) is 0 Å². The van der Waals surface area contributed by atoms with Crippen molar-refractivity contribution in [3.05, 3.63) is 0 Å². The summed E-state index contributed by atoms with van der Waals surface area (Å²) in [5, 5.41) is 0. The zero-order chi connectivity index (χ0) is 7.47. The van der Waals surface area contributed by atoms with Crippen LogP contribution in [-0.4, -0.2) is 25.9 Å². The predicted molar refractivity (Wildman–Crippen MR) is 41.1 cm³/mol. The summed E-state index contributed by atoms with van der Waals surface area (Å²) in [6.45, 7) is 0. The first-order chi connectivity index (χ1) is 5.23. The molecule has 0 amide bonds. The molecule has 59 valence electrons. The van der Waals surface area contributed by atoms with Gasteiger partial charge in [0.2, 0.25) is 0 Å². The average Bonchev–Trinajstić information content (AvgIpc) is 1.79. The van der Waals surface area contributed by atoms with Gasteiger partial charge in [0, 0.05) is 19.3 Å². The van der Waals surface area contributed by atoms with Gasteiger partial charge in [0.15, 0.2) is 0 Å². The molecule has 0 spiro atoms. The third kappa shape index (κ3) is 0.971. The maximum absolute atomic E-state index is 5.77. The van der Waals surface area contributed by atoms with Crippen LogP contribution in [0.3, 0.4) is 0 Å². The Kier molecular flexibility index (Phi) is 1.24. The lowest BCUT2D eigenvalue weighted by molar-refractivity contribution is -0.111. The Bertz CT molecular complexity index is 163. The minimum Gasteiger partial charge on any atom is -0.231 e. The van der Waals surface area contributed by atoms with Crippen LogP contribution in [0.15, 0.2) is 0 Å². The fourth-order valence-electron chi connectivity index (χ4n) is 2.12. The Labute approximate surface area is 67.3 Å². The van der Waals surface area contributed by atoms with Gasteiger partial charge in [-0.25, -0.2) is 13.6 Å². The fourth-order valence-corrected chi connectivity index (χ4v) is 4.04. The highest BCUT2D eigenvalue weighted by molar-refractivity contribution is 7.86. The lowest BCUT2D eigenvalue weighted by Crippen LogP contribution is -2.47. The van der Waals surface area contributed by atoms with Gasteiger partial charge in [-0.15, -0.1) is 0 Å². The molecule has 4 rings (SSSR count). The molecule has 0 atom stereocenters. The van der Waals surface area contributed by atoms with Gasteiger partial charge in [0.1, 0.15) is 26.1 Å². The molecule has 0 aromatic heterocycles. The molecule has 4 aliphatic rings. The van der Waals surface area contributed by atoms with Crippen molar-refractivity contribution in [2.45, 2.75) is 37.6 Å². The predicted octanol–water partition coefficient (Wildman–Crippen LogP) is 1.20. The molecule has 3 saturated heterocycles. The number of hydrogen-bond donors (Lipinski definition) is 0. The normalized spacial score (nSPS) is 60.3. The van der Waals surface area contributed by atoms with E-state index < -0.39 is 7.82 Å². The van der Waals surface area contributed by atoms with Crippen LogP contribution in [0.25, 0.3) is 0 Å². The number of rotatable bonds is 0. The van der Waals surface area contributed by atoms with Crippen LogP contribution >= 0.6 is 7.82 Å². The third-order valence-corrected chi connectivity index (χ3v) is 4.24. The van der Waals surface area contributed by atoms with Gasteiger partial charge in [-0.2, -0.15) is 7.57 Å². The molecule has 3 nitrogen and oxygen atoms in total. The van der Waals surface area contributed by atoms with E-state index in [2.05, 4.69) is 0 Å². The molecule has 0 N–H and O–H groups in total. The van der Waals surface area contributed by atoms with Crippen LogP contribution in [0.2, 0.25) is 0 Å². The van der Waals surface area contributed by atoms with Crippen molar-refractivity contribution in [3.8, 4) is 0 Å². The van der Waals surface area contributed by atoms with Crippen LogP contribution in [0.1, 0.15) is 19.3 Å². The highest BCUT2D eigenvalue weighted by atomic mass is 31.2. The highest BCUT2D eigenvalue weighted by Gasteiger charge is 2.52. The largest absolute Gasteiger partial charge is 0.231 e. The van der Waals surface area contributed by atoms with E-state index in [4.69, 9.17) is 21.1 Å². The van der Waals surface area contributed by atoms with Gasteiger partial charge in [0.25, 0.3) is 0 Å². The van der Waals surface area contributed by atoms with Gasteiger partial charge in [-0.05, 0) is 0 Å². The molecule has 4 bridgehead atoms. The SMILES string of the molecule is [B-][P+]12OC3CC(CC(C3)O1)O2. The summed E-state index contributed by atoms with van der Waals surface area (Å²) in [6, 6.07) is 0. The van der Waals surface area contributed by atoms with Crippen molar-refractivity contribution in [2.75, 3.05) is 0 Å². The van der Waals surface area contributed by atoms with E-state index in [-0.39, 0.29) is 0 Å². The minimum absolute atomic E-state index is 0.319. The summed E-state index contributed by atoms with van der Waals surface area (Å²) < 4.78 is 16.4. The molecular weight excluding hydrogens is 162 g/mol. The molecule has 3 radical (unpaired) electrons. The van der Waals surface area contributed by atoms with Crippen molar-refractivity contribution >= 4 is 15.4 Å². The molecule has 1 saturated carbocycles. The number of hydrogen-bond acceptors (Lipinski definition) is 3. The summed E-state index contributed by atoms with van der Waals surface area (Å²) in [7, 11) is 3.45. The molecule has 1 aliphatic carbocycles. The first-order valence-corrected chi connectivity index (χ1v) is 5.57. The van der Waals surface area contributed by atoms with Gasteiger partial charge >= 0.3 is 0 Å². The van der Waals surface area contributed by atoms with Crippen LogP contribution in [0.5, 0.6) is 0 Å². The third-order valence-electron chi connectivity index (χ3n) is 2.47. The maximum Gasteiger partial charge on any atom is 0.133 e. The Hall–Kier alpha value is 0.375. The summed E-state index contributed by atoms with van der Waals surface area (Å²) in [6.07, 6.45) is 4.00. The van der Waals surface area contributed by atoms with Crippen LogP contribution < -0.4 is 0 Å². The molecule has 4 fully saturated rings. The lowest BCUT2D eigenvalue weighted by Gasteiger charge is -2.52. The summed E-state index contributed by atoms with van der Waals surface area (Å²) >= 11 is 0. The molecule has 0 unspecified atom stereocenters. The van der Waals surface area contributed by atoms with Crippen LogP contribution in [0, 0.1) is 0 Å². The van der Waals surface area contributed by atoms with E-state index >= 15 is 0 Å². The topological polar surface area (TPSA) is 27.7 Å². The van der Waals surface area contributed by atoms with Crippen molar-refractivity contribution in [1.82, 2.24) is 0 Å². The van der Waals surface area contributed by atoms with E-state index in [1.165, 1.54) is 0 Å². The standard InChI is InChI=1S/C6H9BO3P/c7-11-8-4-1-5(9-11)3-6(2-4)10-11/h4-6H,1-3H2. The lowest BCUT2D eigenvalue weighted by atomic mass is 9.93. The van der Waals surface area contributed by atoms with E-state index in [9.17, 15) is 0 Å². The maximum atomic E-state index is 5.77. The Morgan fingerprint density at radius 2 is 1.27 bits per heavy atom. The second kappa shape index (κ2) is 2.00. The van der Waals surface area contributed by atoms with Crippen LogP contribution in [-0.2, 0) is 13.6 Å². The molecule has 11 heavy (non-hydrogen) atoms. The van der Waals surface area contributed by atoms with Gasteiger partial charge < -0.3 is 0 Å². The molecule has 3 aliphatic heterocycles. The molecule has 5 heteroatoms. The van der Waals surface area contributed by atoms with E-state index in [1.54, 1.807) is 0 Å². The van der Waals surface area contributed by atoms with E-state index in [0.29, 0.717) is 18.3 Å². The van der Waals surface area contributed by atoms with Crippen molar-refractivity contribution in [3.63, 3.8) is 0 Å². The van der Waals surface area contributed by atoms with E-state index in [1.807, 2.05) is 0 Å².